The lowest BCUT2D eigenvalue weighted by atomic mass is 9.86. The number of nitrogens with zero attached hydrogens (tertiary/aromatic N) is 2. The zero-order valence-corrected chi connectivity index (χ0v) is 19.7. The van der Waals surface area contributed by atoms with Gasteiger partial charge >= 0.3 is 0 Å². The van der Waals surface area contributed by atoms with Crippen LogP contribution < -0.4 is 20.1 Å². The molecule has 1 aromatic heterocycles. The van der Waals surface area contributed by atoms with E-state index in [0.717, 1.165) is 15.7 Å². The number of methoxy groups -OCH3 is 1. The van der Waals surface area contributed by atoms with Crippen molar-refractivity contribution in [2.75, 3.05) is 12.0 Å². The highest BCUT2D eigenvalue weighted by atomic mass is 19.1. The van der Waals surface area contributed by atoms with Gasteiger partial charge in [-0.3, -0.25) is 19.5 Å². The smallest absolute Gasteiger partial charge is 0.271 e. The highest BCUT2D eigenvalue weighted by Gasteiger charge is 2.53. The lowest BCUT2D eigenvalue weighted by Crippen LogP contribution is -2.53. The summed E-state index contributed by atoms with van der Waals surface area (Å²) in [7, 11) is 1.45. The van der Waals surface area contributed by atoms with Gasteiger partial charge in [0.2, 0.25) is 0 Å². The molecule has 0 unspecified atom stereocenters. The number of hydrogen-bond donors (Lipinski definition) is 1. The third-order valence-corrected chi connectivity index (χ3v) is 6.46. The van der Waals surface area contributed by atoms with Gasteiger partial charge in [-0.15, -0.1) is 0 Å². The van der Waals surface area contributed by atoms with E-state index < -0.39 is 35.6 Å². The van der Waals surface area contributed by atoms with Crippen LogP contribution in [0.4, 0.5) is 15.8 Å². The third-order valence-electron chi connectivity index (χ3n) is 6.46. The first-order chi connectivity index (χ1) is 17.8. The van der Waals surface area contributed by atoms with Crippen molar-refractivity contribution in [3.63, 3.8) is 0 Å². The van der Waals surface area contributed by atoms with Crippen molar-refractivity contribution in [2.45, 2.75) is 18.4 Å². The van der Waals surface area contributed by atoms with Gasteiger partial charge in [-0.2, -0.15) is 0 Å². The van der Waals surface area contributed by atoms with Crippen LogP contribution >= 0.6 is 0 Å². The second-order valence-electron chi connectivity index (χ2n) is 8.62. The first kappa shape index (κ1) is 23.9. The average molecular weight is 498 g/mol. The normalized spacial score (nSPS) is 16.5. The highest BCUT2D eigenvalue weighted by Crippen LogP contribution is 2.48. The summed E-state index contributed by atoms with van der Waals surface area (Å²) in [6.07, 6.45) is 0.685. The molecule has 3 aromatic carbocycles. The van der Waals surface area contributed by atoms with E-state index in [4.69, 9.17) is 4.74 Å². The summed E-state index contributed by atoms with van der Waals surface area (Å²) in [5.41, 5.74) is -1.26. The maximum atomic E-state index is 14.9. The quantitative estimate of drug-likeness (QED) is 0.419. The summed E-state index contributed by atoms with van der Waals surface area (Å²) in [4.78, 5) is 44.4. The number of hydrogen-bond acceptors (Lipinski definition) is 6. The van der Waals surface area contributed by atoms with Gasteiger partial charge in [0.15, 0.2) is 0 Å². The van der Waals surface area contributed by atoms with Gasteiger partial charge in [-0.1, -0.05) is 42.5 Å². The molecule has 186 valence electrons. The van der Waals surface area contributed by atoms with E-state index in [0.29, 0.717) is 11.3 Å². The summed E-state index contributed by atoms with van der Waals surface area (Å²) in [6, 6.07) is 19.3. The molecule has 9 heteroatoms. The van der Waals surface area contributed by atoms with Crippen molar-refractivity contribution in [1.29, 1.82) is 0 Å². The van der Waals surface area contributed by atoms with Gasteiger partial charge in [0.25, 0.3) is 11.8 Å². The Labute approximate surface area is 211 Å². The lowest BCUT2D eigenvalue weighted by Gasteiger charge is -2.30. The molecule has 0 saturated heterocycles. The molecule has 0 spiro atoms. The van der Waals surface area contributed by atoms with Crippen molar-refractivity contribution in [3.05, 3.63) is 96.1 Å². The molecule has 0 aliphatic carbocycles. The van der Waals surface area contributed by atoms with Gasteiger partial charge in [0.1, 0.15) is 22.8 Å². The number of aliphatic carboxylic acids is 1. The number of fused-ring (bicyclic) bond motifs is 2. The topological polar surface area (TPSA) is 112 Å². The molecule has 1 N–H and O–H groups in total. The number of para-hydroxylation sites is 1. The van der Waals surface area contributed by atoms with Crippen molar-refractivity contribution in [1.82, 2.24) is 10.3 Å². The van der Waals surface area contributed by atoms with Gasteiger partial charge in [-0.25, -0.2) is 4.39 Å². The Morgan fingerprint density at radius 3 is 2.49 bits per heavy atom. The fourth-order valence-corrected chi connectivity index (χ4v) is 4.65. The monoisotopic (exact) mass is 498 g/mol. The first-order valence-electron chi connectivity index (χ1n) is 11.5. The maximum Gasteiger partial charge on any atom is 0.271 e. The van der Waals surface area contributed by atoms with Crippen LogP contribution in [0.2, 0.25) is 0 Å². The van der Waals surface area contributed by atoms with E-state index in [1.165, 1.54) is 25.3 Å². The molecule has 0 fully saturated rings. The van der Waals surface area contributed by atoms with Crippen molar-refractivity contribution in [2.24, 2.45) is 0 Å². The standard InChI is InChI=1S/C28H22FN3O5/c1-37-19-10-11-20-24(15-19)32(23-9-5-4-8-21(23)29)27(36)28(20,13-12-25(33)34)31-26(35)22-14-17-6-2-3-7-18(17)16-30-22/h2-11,14-16H,12-13H2,1H3,(H,31,35)(H,33,34)/p-1/t28-/m0/s1. The van der Waals surface area contributed by atoms with Crippen molar-refractivity contribution in [3.8, 4) is 5.75 Å². The maximum absolute atomic E-state index is 14.9. The molecule has 0 radical (unpaired) electrons. The van der Waals surface area contributed by atoms with Crippen molar-refractivity contribution < 1.29 is 28.6 Å². The second-order valence-corrected chi connectivity index (χ2v) is 8.62. The first-order valence-corrected chi connectivity index (χ1v) is 11.5. The predicted molar refractivity (Wildman–Crippen MR) is 132 cm³/mol. The van der Waals surface area contributed by atoms with Crippen LogP contribution in [-0.2, 0) is 15.1 Å². The zero-order valence-electron chi connectivity index (χ0n) is 19.7. The Hall–Kier alpha value is -4.79. The number of anilines is 2. The number of halogens is 1. The molecule has 1 aliphatic heterocycles. The number of rotatable bonds is 7. The number of ether oxygens (including phenoxy) is 1. The van der Waals surface area contributed by atoms with E-state index in [2.05, 4.69) is 10.3 Å². The second kappa shape index (κ2) is 9.34. The third kappa shape index (κ3) is 4.14. The molecule has 8 nitrogen and oxygen atoms in total. The van der Waals surface area contributed by atoms with Gasteiger partial charge in [-0.05, 0) is 42.5 Å². The minimum Gasteiger partial charge on any atom is -0.550 e. The number of nitrogens with one attached hydrogen (secondary N) is 1. The number of pyridine rings is 1. The molecular weight excluding hydrogens is 477 g/mol. The van der Waals surface area contributed by atoms with Crippen LogP contribution in [0.1, 0.15) is 28.9 Å². The Bertz CT molecular complexity index is 1560. The molecule has 0 saturated carbocycles. The fraction of sp³-hybridized carbons (Fsp3) is 0.143. The minimum atomic E-state index is -1.83. The molecule has 4 aromatic rings. The SMILES string of the molecule is COc1ccc2c(c1)N(c1ccccc1F)C(=O)[C@@]2(CCC(=O)[O-])NC(=O)c1cc2ccccc2cn1. The van der Waals surface area contributed by atoms with E-state index in [1.54, 1.807) is 36.5 Å². The number of benzene rings is 3. The van der Waals surface area contributed by atoms with Gasteiger partial charge < -0.3 is 20.0 Å². The van der Waals surface area contributed by atoms with Crippen LogP contribution in [-0.4, -0.2) is 29.9 Å². The number of carbonyl (C=O) groups excluding carboxylic acids is 3. The Balaban J connectivity index is 1.65. The summed E-state index contributed by atoms with van der Waals surface area (Å²) < 4.78 is 20.2. The number of aromatic nitrogens is 1. The largest absolute Gasteiger partial charge is 0.550 e. The highest BCUT2D eigenvalue weighted by molar-refractivity contribution is 6.15. The summed E-state index contributed by atoms with van der Waals surface area (Å²) in [5.74, 6) is -3.07. The van der Waals surface area contributed by atoms with Crippen molar-refractivity contribution >= 4 is 39.9 Å². The Morgan fingerprint density at radius 1 is 1.03 bits per heavy atom. The van der Waals surface area contributed by atoms with E-state index in [9.17, 15) is 23.9 Å². The molecule has 1 atom stereocenters. The molecule has 0 bridgehead atoms. The summed E-state index contributed by atoms with van der Waals surface area (Å²) >= 11 is 0. The molecule has 5 rings (SSSR count). The van der Waals surface area contributed by atoms with Gasteiger partial charge in [0, 0.05) is 29.2 Å². The number of carbonyl (C=O) groups is 3. The Kier molecular flexibility index (Phi) is 6.04. The number of amides is 2. The Morgan fingerprint density at radius 2 is 1.76 bits per heavy atom. The van der Waals surface area contributed by atoms with E-state index >= 15 is 0 Å². The van der Waals surface area contributed by atoms with Crippen LogP contribution in [0, 0.1) is 5.82 Å². The fourth-order valence-electron chi connectivity index (χ4n) is 4.65. The van der Waals surface area contributed by atoms with Crippen LogP contribution in [0.25, 0.3) is 10.8 Å². The minimum absolute atomic E-state index is 0.0405. The number of carboxylic acid groups (broad SMARTS) is 1. The van der Waals surface area contributed by atoms with Crippen LogP contribution in [0.5, 0.6) is 5.75 Å². The lowest BCUT2D eigenvalue weighted by molar-refractivity contribution is -0.306. The summed E-state index contributed by atoms with van der Waals surface area (Å²) in [5, 5.41) is 15.8. The van der Waals surface area contributed by atoms with Crippen LogP contribution in [0.15, 0.2) is 79.0 Å². The molecule has 2 heterocycles. The molecular formula is C28H21FN3O5-. The predicted octanol–water partition coefficient (Wildman–Crippen LogP) is 3.22. The van der Waals surface area contributed by atoms with E-state index in [1.807, 2.05) is 24.3 Å². The molecule has 37 heavy (non-hydrogen) atoms. The zero-order chi connectivity index (χ0) is 26.2. The van der Waals surface area contributed by atoms with Gasteiger partial charge in [0.05, 0.1) is 18.5 Å². The molecule has 2 amide bonds. The average Bonchev–Trinajstić information content (AvgIpc) is 3.14. The van der Waals surface area contributed by atoms with E-state index in [-0.39, 0.29) is 23.5 Å². The number of carboxylic acids is 1. The van der Waals surface area contributed by atoms with Crippen LogP contribution in [0.3, 0.4) is 0 Å². The molecule has 1 aliphatic rings. The summed E-state index contributed by atoms with van der Waals surface area (Å²) in [6.45, 7) is 0.